The number of carbonyl (C=O) groups is 1. The van der Waals surface area contributed by atoms with Crippen molar-refractivity contribution in [3.05, 3.63) is 47.8 Å². The average molecular weight is 365 g/mol. The van der Waals surface area contributed by atoms with Gasteiger partial charge in [-0.3, -0.25) is 9.48 Å². The third kappa shape index (κ3) is 4.44. The molecule has 0 aliphatic carbocycles. The second-order valence-corrected chi connectivity index (χ2v) is 6.32. The van der Waals surface area contributed by atoms with Crippen molar-refractivity contribution >= 4 is 17.6 Å². The number of aliphatic imine (C=N–C) groups is 1. The van der Waals surface area contributed by atoms with Crippen molar-refractivity contribution in [2.24, 2.45) is 12.0 Å². The largest absolute Gasteiger partial charge is 0.356 e. The summed E-state index contributed by atoms with van der Waals surface area (Å²) in [7, 11) is 1.84. The summed E-state index contributed by atoms with van der Waals surface area (Å²) in [4.78, 5) is 21.0. The Morgan fingerprint density at radius 2 is 2.11 bits per heavy atom. The maximum absolute atomic E-state index is 12.6. The first kappa shape index (κ1) is 18.5. The average Bonchev–Trinajstić information content (AvgIpc) is 3.11. The molecule has 0 radical (unpaired) electrons. The lowest BCUT2D eigenvalue weighted by molar-refractivity contribution is -0.120. The van der Waals surface area contributed by atoms with Crippen LogP contribution in [0.3, 0.4) is 0 Å². The number of anilines is 1. The van der Waals surface area contributed by atoms with Gasteiger partial charge < -0.3 is 15.1 Å². The van der Waals surface area contributed by atoms with Gasteiger partial charge in [-0.25, -0.2) is 4.99 Å². The number of nitriles is 1. The Hall–Kier alpha value is -3.34. The number of nitrogens with zero attached hydrogens (tertiary/aromatic N) is 6. The molecule has 1 fully saturated rings. The lowest BCUT2D eigenvalue weighted by atomic mass is 10.1. The summed E-state index contributed by atoms with van der Waals surface area (Å²) in [5, 5.41) is 16.3. The molecule has 1 aromatic heterocycles. The minimum absolute atomic E-state index is 0.0261. The number of benzene rings is 1. The summed E-state index contributed by atoms with van der Waals surface area (Å²) in [6.45, 7) is 4.78. The van der Waals surface area contributed by atoms with Gasteiger partial charge in [0.2, 0.25) is 5.91 Å². The zero-order chi connectivity index (χ0) is 19.2. The highest BCUT2D eigenvalue weighted by Crippen LogP contribution is 2.16. The van der Waals surface area contributed by atoms with E-state index in [1.807, 2.05) is 37.2 Å². The number of guanidine groups is 1. The first-order valence-corrected chi connectivity index (χ1v) is 8.92. The lowest BCUT2D eigenvalue weighted by Crippen LogP contribution is -2.55. The summed E-state index contributed by atoms with van der Waals surface area (Å²) < 4.78 is 1.69. The van der Waals surface area contributed by atoms with Crippen LogP contribution in [0.25, 0.3) is 0 Å². The van der Waals surface area contributed by atoms with Gasteiger partial charge in [0.25, 0.3) is 0 Å². The first-order chi connectivity index (χ1) is 13.1. The summed E-state index contributed by atoms with van der Waals surface area (Å²) in [6, 6.07) is 9.48. The van der Waals surface area contributed by atoms with Gasteiger partial charge in [0, 0.05) is 32.9 Å². The summed E-state index contributed by atoms with van der Waals surface area (Å²) in [5.74, 6) is 0.749. The van der Waals surface area contributed by atoms with Crippen LogP contribution in [-0.2, 0) is 18.4 Å². The van der Waals surface area contributed by atoms with Crippen molar-refractivity contribution in [3.63, 3.8) is 0 Å². The van der Waals surface area contributed by atoms with Crippen LogP contribution in [0.15, 0.2) is 41.7 Å². The SMILES string of the molecule is CCNC(=NCc1ccc(C#N)cc1)N1CCN(c2cnn(C)c2)C(=O)C1. The normalized spacial score (nSPS) is 15.0. The Morgan fingerprint density at radius 3 is 2.70 bits per heavy atom. The van der Waals surface area contributed by atoms with E-state index in [9.17, 15) is 4.79 Å². The molecule has 2 heterocycles. The van der Waals surface area contributed by atoms with Gasteiger partial charge in [0.15, 0.2) is 5.96 Å². The van der Waals surface area contributed by atoms with Crippen molar-refractivity contribution in [1.29, 1.82) is 5.26 Å². The maximum Gasteiger partial charge on any atom is 0.246 e. The summed E-state index contributed by atoms with van der Waals surface area (Å²) in [5.41, 5.74) is 2.47. The number of hydrogen-bond acceptors (Lipinski definition) is 4. The predicted molar refractivity (Wildman–Crippen MR) is 103 cm³/mol. The van der Waals surface area contributed by atoms with E-state index in [4.69, 9.17) is 5.26 Å². The first-order valence-electron chi connectivity index (χ1n) is 8.92. The van der Waals surface area contributed by atoms with Crippen LogP contribution >= 0.6 is 0 Å². The molecule has 0 unspecified atom stereocenters. The zero-order valence-corrected chi connectivity index (χ0v) is 15.6. The second kappa shape index (κ2) is 8.36. The van der Waals surface area contributed by atoms with E-state index in [1.165, 1.54) is 0 Å². The molecule has 2 aromatic rings. The minimum atomic E-state index is 0.0261. The van der Waals surface area contributed by atoms with Crippen molar-refractivity contribution in [2.75, 3.05) is 31.1 Å². The molecular formula is C19H23N7O. The number of carbonyl (C=O) groups excluding carboxylic acids is 1. The fourth-order valence-corrected chi connectivity index (χ4v) is 2.95. The van der Waals surface area contributed by atoms with Gasteiger partial charge in [0.1, 0.15) is 6.54 Å². The van der Waals surface area contributed by atoms with Crippen molar-refractivity contribution in [2.45, 2.75) is 13.5 Å². The molecule has 3 rings (SSSR count). The number of amides is 1. The summed E-state index contributed by atoms with van der Waals surface area (Å²) >= 11 is 0. The second-order valence-electron chi connectivity index (χ2n) is 6.32. The highest BCUT2D eigenvalue weighted by molar-refractivity contribution is 5.98. The number of rotatable bonds is 4. The molecule has 8 nitrogen and oxygen atoms in total. The van der Waals surface area contributed by atoms with Crippen LogP contribution in [0.2, 0.25) is 0 Å². The van der Waals surface area contributed by atoms with Gasteiger partial charge >= 0.3 is 0 Å². The molecule has 1 amide bonds. The van der Waals surface area contributed by atoms with Gasteiger partial charge in [-0.15, -0.1) is 0 Å². The van der Waals surface area contributed by atoms with E-state index in [-0.39, 0.29) is 12.5 Å². The topological polar surface area (TPSA) is 89.6 Å². The van der Waals surface area contributed by atoms with E-state index in [2.05, 4.69) is 21.5 Å². The molecule has 140 valence electrons. The number of piperazine rings is 1. The molecule has 0 spiro atoms. The monoisotopic (exact) mass is 365 g/mol. The zero-order valence-electron chi connectivity index (χ0n) is 15.6. The molecule has 0 bridgehead atoms. The molecule has 0 saturated carbocycles. The number of aromatic nitrogens is 2. The van der Waals surface area contributed by atoms with E-state index in [0.717, 1.165) is 23.8 Å². The van der Waals surface area contributed by atoms with Crippen molar-refractivity contribution in [3.8, 4) is 6.07 Å². The van der Waals surface area contributed by atoms with E-state index < -0.39 is 0 Å². The molecule has 8 heteroatoms. The van der Waals surface area contributed by atoms with Gasteiger partial charge in [-0.05, 0) is 24.6 Å². The molecule has 1 aromatic carbocycles. The van der Waals surface area contributed by atoms with Crippen LogP contribution in [0.1, 0.15) is 18.1 Å². The van der Waals surface area contributed by atoms with E-state index >= 15 is 0 Å². The fourth-order valence-electron chi connectivity index (χ4n) is 2.95. The standard InChI is InChI=1S/C19H23N7O/c1-3-21-19(22-11-16-6-4-15(10-20)5-7-16)25-8-9-26(18(27)14-25)17-12-23-24(2)13-17/h4-7,12-13H,3,8-9,11,14H2,1-2H3,(H,21,22). The van der Waals surface area contributed by atoms with Gasteiger partial charge in [0.05, 0.1) is 30.1 Å². The Morgan fingerprint density at radius 1 is 1.33 bits per heavy atom. The van der Waals surface area contributed by atoms with Crippen LogP contribution in [0.4, 0.5) is 5.69 Å². The van der Waals surface area contributed by atoms with E-state index in [0.29, 0.717) is 25.2 Å². The van der Waals surface area contributed by atoms with Crippen LogP contribution in [-0.4, -0.2) is 52.7 Å². The quantitative estimate of drug-likeness (QED) is 0.647. The lowest BCUT2D eigenvalue weighted by Gasteiger charge is -2.35. The molecule has 1 N–H and O–H groups in total. The van der Waals surface area contributed by atoms with Gasteiger partial charge in [-0.1, -0.05) is 12.1 Å². The molecule has 0 atom stereocenters. The molecule has 1 aliphatic heterocycles. The smallest absolute Gasteiger partial charge is 0.246 e. The van der Waals surface area contributed by atoms with Crippen molar-refractivity contribution < 1.29 is 4.79 Å². The third-order valence-corrected chi connectivity index (χ3v) is 4.35. The molecular weight excluding hydrogens is 342 g/mol. The Balaban J connectivity index is 1.68. The van der Waals surface area contributed by atoms with Crippen LogP contribution in [0, 0.1) is 11.3 Å². The van der Waals surface area contributed by atoms with Crippen LogP contribution < -0.4 is 10.2 Å². The number of aryl methyl sites for hydroxylation is 1. The maximum atomic E-state index is 12.6. The summed E-state index contributed by atoms with van der Waals surface area (Å²) in [6.07, 6.45) is 3.55. The number of hydrogen-bond donors (Lipinski definition) is 1. The predicted octanol–water partition coefficient (Wildman–Crippen LogP) is 1.11. The Kier molecular flexibility index (Phi) is 5.71. The Bertz CT molecular complexity index is 863. The highest BCUT2D eigenvalue weighted by atomic mass is 16.2. The molecule has 27 heavy (non-hydrogen) atoms. The Labute approximate surface area is 158 Å². The fraction of sp³-hybridized carbons (Fsp3) is 0.368. The van der Waals surface area contributed by atoms with Crippen LogP contribution in [0.5, 0.6) is 0 Å². The van der Waals surface area contributed by atoms with E-state index in [1.54, 1.807) is 27.9 Å². The highest BCUT2D eigenvalue weighted by Gasteiger charge is 2.27. The molecule has 1 saturated heterocycles. The van der Waals surface area contributed by atoms with Gasteiger partial charge in [-0.2, -0.15) is 10.4 Å². The molecule has 1 aliphatic rings. The van der Waals surface area contributed by atoms with Crippen molar-refractivity contribution in [1.82, 2.24) is 20.0 Å². The third-order valence-electron chi connectivity index (χ3n) is 4.35. The number of nitrogens with one attached hydrogen (secondary N) is 1. The minimum Gasteiger partial charge on any atom is -0.356 e.